The van der Waals surface area contributed by atoms with Gasteiger partial charge in [-0.2, -0.15) is 4.31 Å². The van der Waals surface area contributed by atoms with Crippen molar-refractivity contribution in [1.82, 2.24) is 14.2 Å². The molecule has 1 saturated heterocycles. The van der Waals surface area contributed by atoms with Crippen LogP contribution >= 0.6 is 11.3 Å². The minimum absolute atomic E-state index is 0.205. The molecule has 3 aromatic rings. The molecule has 33 heavy (non-hydrogen) atoms. The van der Waals surface area contributed by atoms with E-state index in [1.807, 2.05) is 29.6 Å². The Bertz CT molecular complexity index is 1200. The second kappa shape index (κ2) is 10.1. The third kappa shape index (κ3) is 5.14. The zero-order valence-electron chi connectivity index (χ0n) is 18.9. The molecule has 176 valence electrons. The van der Waals surface area contributed by atoms with Crippen molar-refractivity contribution in [1.29, 1.82) is 0 Å². The predicted octanol–water partition coefficient (Wildman–Crippen LogP) is 3.34. The van der Waals surface area contributed by atoms with E-state index in [1.165, 1.54) is 24.6 Å². The molecule has 0 saturated carbocycles. The molecule has 2 heterocycles. The largest absolute Gasteiger partial charge is 0.497 e. The Labute approximate surface area is 198 Å². The number of rotatable bonds is 8. The van der Waals surface area contributed by atoms with Gasteiger partial charge in [0.05, 0.1) is 38.5 Å². The highest BCUT2D eigenvalue weighted by Crippen LogP contribution is 2.31. The van der Waals surface area contributed by atoms with Gasteiger partial charge in [-0.25, -0.2) is 13.4 Å². The Hall–Kier alpha value is -2.66. The van der Waals surface area contributed by atoms with Crippen molar-refractivity contribution < 1.29 is 22.6 Å². The summed E-state index contributed by atoms with van der Waals surface area (Å²) in [7, 11) is 1.05. The van der Waals surface area contributed by atoms with Crippen LogP contribution in [-0.4, -0.2) is 70.1 Å². The van der Waals surface area contributed by atoms with E-state index in [4.69, 9.17) is 19.2 Å². The van der Waals surface area contributed by atoms with Gasteiger partial charge in [-0.05, 0) is 24.3 Å². The minimum Gasteiger partial charge on any atom is -0.497 e. The number of benzene rings is 2. The molecule has 1 fully saturated rings. The van der Waals surface area contributed by atoms with E-state index in [0.717, 1.165) is 22.0 Å². The topological polar surface area (TPSA) is 81.2 Å². The highest BCUT2D eigenvalue weighted by atomic mass is 32.2. The second-order valence-electron chi connectivity index (χ2n) is 7.56. The Morgan fingerprint density at radius 2 is 1.70 bits per heavy atom. The summed E-state index contributed by atoms with van der Waals surface area (Å²) >= 11 is 1.61. The van der Waals surface area contributed by atoms with Gasteiger partial charge in [0.15, 0.2) is 11.5 Å². The quantitative estimate of drug-likeness (QED) is 0.480. The van der Waals surface area contributed by atoms with Crippen LogP contribution in [0.15, 0.2) is 52.7 Å². The van der Waals surface area contributed by atoms with Crippen LogP contribution < -0.4 is 14.2 Å². The van der Waals surface area contributed by atoms with E-state index in [0.29, 0.717) is 44.2 Å². The van der Waals surface area contributed by atoms with Crippen molar-refractivity contribution in [3.63, 3.8) is 0 Å². The molecular weight excluding hydrogens is 462 g/mol. The molecule has 0 atom stereocenters. The first-order valence-corrected chi connectivity index (χ1v) is 12.8. The average Bonchev–Trinajstić information content (AvgIpc) is 3.32. The van der Waals surface area contributed by atoms with Crippen LogP contribution in [0.5, 0.6) is 17.2 Å². The fourth-order valence-electron chi connectivity index (χ4n) is 3.74. The summed E-state index contributed by atoms with van der Waals surface area (Å²) in [6.07, 6.45) is 0. The monoisotopic (exact) mass is 489 g/mol. The zero-order valence-corrected chi connectivity index (χ0v) is 20.5. The van der Waals surface area contributed by atoms with E-state index in [9.17, 15) is 8.42 Å². The van der Waals surface area contributed by atoms with E-state index in [1.54, 1.807) is 30.6 Å². The van der Waals surface area contributed by atoms with Gasteiger partial charge in [0.2, 0.25) is 10.0 Å². The van der Waals surface area contributed by atoms with Gasteiger partial charge < -0.3 is 14.2 Å². The van der Waals surface area contributed by atoms with Crippen LogP contribution in [0.1, 0.15) is 5.01 Å². The number of nitrogens with zero attached hydrogens (tertiary/aromatic N) is 3. The van der Waals surface area contributed by atoms with Gasteiger partial charge in [0, 0.05) is 43.2 Å². The first kappa shape index (κ1) is 23.5. The number of sulfonamides is 1. The Kier molecular flexibility index (Phi) is 7.18. The van der Waals surface area contributed by atoms with E-state index >= 15 is 0 Å². The number of hydrogen-bond donors (Lipinski definition) is 0. The van der Waals surface area contributed by atoms with E-state index < -0.39 is 10.0 Å². The van der Waals surface area contributed by atoms with Crippen LogP contribution in [0.25, 0.3) is 11.3 Å². The number of piperazine rings is 1. The van der Waals surface area contributed by atoms with Crippen LogP contribution in [0, 0.1) is 0 Å². The molecule has 1 aliphatic heterocycles. The normalized spacial score (nSPS) is 15.4. The lowest BCUT2D eigenvalue weighted by Gasteiger charge is -2.33. The van der Waals surface area contributed by atoms with Crippen molar-refractivity contribution >= 4 is 21.4 Å². The van der Waals surface area contributed by atoms with Crippen molar-refractivity contribution in [3.05, 3.63) is 52.9 Å². The van der Waals surface area contributed by atoms with E-state index in [-0.39, 0.29) is 4.90 Å². The molecule has 0 unspecified atom stereocenters. The lowest BCUT2D eigenvalue weighted by atomic mass is 10.2. The first-order chi connectivity index (χ1) is 15.9. The van der Waals surface area contributed by atoms with Gasteiger partial charge >= 0.3 is 0 Å². The summed E-state index contributed by atoms with van der Waals surface area (Å²) in [6, 6.07) is 12.5. The molecule has 2 aromatic carbocycles. The van der Waals surface area contributed by atoms with Gasteiger partial charge in [0.25, 0.3) is 0 Å². The first-order valence-electron chi connectivity index (χ1n) is 10.5. The fraction of sp³-hybridized carbons (Fsp3) is 0.348. The lowest BCUT2D eigenvalue weighted by molar-refractivity contribution is 0.181. The Balaban J connectivity index is 1.39. The van der Waals surface area contributed by atoms with Gasteiger partial charge in [0.1, 0.15) is 10.8 Å². The Morgan fingerprint density at radius 1 is 0.939 bits per heavy atom. The standard InChI is InChI=1S/C23H27N3O5S2/c1-29-18-6-4-5-17(13-18)20-16-32-23(24-20)15-25-9-11-26(12-10-25)33(27,28)19-7-8-21(30-2)22(14-19)31-3/h4-8,13-14,16H,9-12,15H2,1-3H3. The zero-order chi connectivity index (χ0) is 23.4. The summed E-state index contributed by atoms with van der Waals surface area (Å²) in [5, 5.41) is 3.05. The molecular formula is C23H27N3O5S2. The molecule has 0 amide bonds. The number of aromatic nitrogens is 1. The average molecular weight is 490 g/mol. The van der Waals surface area contributed by atoms with Gasteiger partial charge in [-0.3, -0.25) is 4.90 Å². The molecule has 0 aliphatic carbocycles. The third-order valence-corrected chi connectivity index (χ3v) is 8.33. The van der Waals surface area contributed by atoms with Crippen molar-refractivity contribution in [2.24, 2.45) is 0 Å². The molecule has 1 aliphatic rings. The maximum Gasteiger partial charge on any atom is 0.243 e. The van der Waals surface area contributed by atoms with Gasteiger partial charge in [-0.1, -0.05) is 12.1 Å². The highest BCUT2D eigenvalue weighted by molar-refractivity contribution is 7.89. The van der Waals surface area contributed by atoms with Gasteiger partial charge in [-0.15, -0.1) is 11.3 Å². The third-order valence-electron chi connectivity index (χ3n) is 5.60. The summed E-state index contributed by atoms with van der Waals surface area (Å²) in [5.41, 5.74) is 1.94. The lowest BCUT2D eigenvalue weighted by Crippen LogP contribution is -2.48. The molecule has 0 N–H and O–H groups in total. The van der Waals surface area contributed by atoms with E-state index in [2.05, 4.69) is 4.90 Å². The molecule has 0 bridgehead atoms. The van der Waals surface area contributed by atoms with Crippen molar-refractivity contribution in [2.75, 3.05) is 47.5 Å². The Morgan fingerprint density at radius 3 is 2.39 bits per heavy atom. The number of methoxy groups -OCH3 is 3. The summed E-state index contributed by atoms with van der Waals surface area (Å²) in [5.74, 6) is 1.69. The molecule has 0 radical (unpaired) electrons. The molecule has 1 aromatic heterocycles. The SMILES string of the molecule is COc1cccc(-c2csc(CN3CCN(S(=O)(=O)c4ccc(OC)c(OC)c4)CC3)n2)c1. The number of ether oxygens (including phenoxy) is 3. The minimum atomic E-state index is -3.61. The predicted molar refractivity (Wildman–Crippen MR) is 128 cm³/mol. The fourth-order valence-corrected chi connectivity index (χ4v) is 6.03. The summed E-state index contributed by atoms with van der Waals surface area (Å²) in [4.78, 5) is 7.20. The smallest absolute Gasteiger partial charge is 0.243 e. The number of hydrogen-bond acceptors (Lipinski definition) is 8. The molecule has 0 spiro atoms. The van der Waals surface area contributed by atoms with Crippen molar-refractivity contribution in [3.8, 4) is 28.5 Å². The maximum atomic E-state index is 13.1. The van der Waals surface area contributed by atoms with Crippen molar-refractivity contribution in [2.45, 2.75) is 11.4 Å². The van der Waals surface area contributed by atoms with Crippen LogP contribution in [-0.2, 0) is 16.6 Å². The summed E-state index contributed by atoms with van der Waals surface area (Å²) in [6.45, 7) is 2.82. The molecule has 10 heteroatoms. The summed E-state index contributed by atoms with van der Waals surface area (Å²) < 4.78 is 43.5. The van der Waals surface area contributed by atoms with Crippen LogP contribution in [0.3, 0.4) is 0 Å². The maximum absolute atomic E-state index is 13.1. The highest BCUT2D eigenvalue weighted by Gasteiger charge is 2.29. The molecule has 8 nitrogen and oxygen atoms in total. The molecule has 4 rings (SSSR count). The van der Waals surface area contributed by atoms with Crippen LogP contribution in [0.4, 0.5) is 0 Å². The number of thiazole rings is 1. The van der Waals surface area contributed by atoms with Crippen LogP contribution in [0.2, 0.25) is 0 Å². The second-order valence-corrected chi connectivity index (χ2v) is 10.4.